The number of rotatable bonds is 4. The summed E-state index contributed by atoms with van der Waals surface area (Å²) in [6, 6.07) is 5.66. The van der Waals surface area contributed by atoms with Gasteiger partial charge in [0.2, 0.25) is 10.0 Å². The molecule has 0 aliphatic heterocycles. The smallest absolute Gasteiger partial charge is 0.251 e. The van der Waals surface area contributed by atoms with E-state index >= 15 is 0 Å². The van der Waals surface area contributed by atoms with Crippen LogP contribution >= 0.6 is 0 Å². The van der Waals surface area contributed by atoms with Crippen LogP contribution in [0.1, 0.15) is 10.4 Å². The van der Waals surface area contributed by atoms with Crippen molar-refractivity contribution in [2.75, 3.05) is 13.6 Å². The van der Waals surface area contributed by atoms with Gasteiger partial charge in [-0.25, -0.2) is 13.1 Å². The zero-order valence-corrected chi connectivity index (χ0v) is 9.67. The molecule has 87 valence electrons. The van der Waals surface area contributed by atoms with Crippen LogP contribution in [0.3, 0.4) is 0 Å². The van der Waals surface area contributed by atoms with E-state index in [-0.39, 0.29) is 17.3 Å². The maximum atomic E-state index is 11.5. The van der Waals surface area contributed by atoms with Gasteiger partial charge in [-0.2, -0.15) is 0 Å². The molecule has 0 aromatic heterocycles. The van der Waals surface area contributed by atoms with Crippen LogP contribution in [0.25, 0.3) is 0 Å². The van der Waals surface area contributed by atoms with Gasteiger partial charge >= 0.3 is 0 Å². The highest BCUT2D eigenvalue weighted by Crippen LogP contribution is 2.10. The Hall–Kier alpha value is -1.40. The molecule has 0 aliphatic rings. The lowest BCUT2D eigenvalue weighted by Gasteiger charge is -2.05. The van der Waals surface area contributed by atoms with Crippen molar-refractivity contribution in [3.63, 3.8) is 0 Å². The van der Waals surface area contributed by atoms with Gasteiger partial charge in [-0.15, -0.1) is 0 Å². The van der Waals surface area contributed by atoms with Crippen molar-refractivity contribution in [3.05, 3.63) is 36.8 Å². The summed E-state index contributed by atoms with van der Waals surface area (Å²) >= 11 is 0. The van der Waals surface area contributed by atoms with E-state index in [4.69, 9.17) is 0 Å². The molecule has 0 saturated carbocycles. The first-order valence-electron chi connectivity index (χ1n) is 4.62. The fourth-order valence-electron chi connectivity index (χ4n) is 1.15. The Labute approximate surface area is 94.9 Å². The van der Waals surface area contributed by atoms with Crippen molar-refractivity contribution >= 4 is 15.9 Å². The summed E-state index contributed by atoms with van der Waals surface area (Å²) in [6.45, 7) is 3.48. The number of hydrogen-bond acceptors (Lipinski definition) is 3. The highest BCUT2D eigenvalue weighted by Gasteiger charge is 2.12. The zero-order valence-electron chi connectivity index (χ0n) is 8.86. The molecule has 0 bridgehead atoms. The van der Waals surface area contributed by atoms with Gasteiger partial charge in [0.05, 0.1) is 4.90 Å². The van der Waals surface area contributed by atoms with Gasteiger partial charge < -0.3 is 5.32 Å². The molecule has 6 heteroatoms. The Morgan fingerprint density at radius 1 is 1.31 bits per heavy atom. The molecule has 0 atom stereocenters. The standard InChI is InChI=1S/C10H13N2O3S/c1-3-12-16(14,15)9-6-4-8(5-7-9)10(13)11-2/h4-7,12H,1,3H2,2H3,(H,11,13). The zero-order chi connectivity index (χ0) is 12.2. The minimum absolute atomic E-state index is 0.0829. The van der Waals surface area contributed by atoms with E-state index in [1.54, 1.807) is 0 Å². The maximum absolute atomic E-state index is 11.5. The molecule has 0 saturated heterocycles. The van der Waals surface area contributed by atoms with Crippen molar-refractivity contribution < 1.29 is 13.2 Å². The minimum atomic E-state index is -3.50. The summed E-state index contributed by atoms with van der Waals surface area (Å²) in [4.78, 5) is 11.3. The summed E-state index contributed by atoms with van der Waals surface area (Å²) < 4.78 is 25.3. The van der Waals surface area contributed by atoms with Crippen LogP contribution in [0.4, 0.5) is 0 Å². The normalized spacial score (nSPS) is 11.1. The highest BCUT2D eigenvalue weighted by atomic mass is 32.2. The first kappa shape index (κ1) is 12.7. The molecule has 2 N–H and O–H groups in total. The van der Waals surface area contributed by atoms with Gasteiger partial charge in [-0.1, -0.05) is 0 Å². The van der Waals surface area contributed by atoms with Gasteiger partial charge in [0.1, 0.15) is 0 Å². The number of amides is 1. The monoisotopic (exact) mass is 241 g/mol. The van der Waals surface area contributed by atoms with E-state index in [0.717, 1.165) is 0 Å². The summed E-state index contributed by atoms with van der Waals surface area (Å²) in [5.74, 6) is -0.255. The molecule has 1 amide bonds. The maximum Gasteiger partial charge on any atom is 0.251 e. The van der Waals surface area contributed by atoms with Gasteiger partial charge in [-0.05, 0) is 31.2 Å². The summed E-state index contributed by atoms with van der Waals surface area (Å²) in [5, 5.41) is 2.45. The van der Waals surface area contributed by atoms with Crippen molar-refractivity contribution in [1.82, 2.24) is 10.0 Å². The molecule has 1 aromatic rings. The summed E-state index contributed by atoms with van der Waals surface area (Å²) in [7, 11) is -1.99. The molecule has 0 heterocycles. The van der Waals surface area contributed by atoms with Crippen LogP contribution in [0.2, 0.25) is 0 Å². The predicted molar refractivity (Wildman–Crippen MR) is 60.4 cm³/mol. The van der Waals surface area contributed by atoms with Crippen LogP contribution in [0.15, 0.2) is 29.2 Å². The average Bonchev–Trinajstić information content (AvgIpc) is 2.28. The second-order valence-electron chi connectivity index (χ2n) is 3.00. The molecule has 1 aromatic carbocycles. The molecule has 0 aliphatic carbocycles. The Morgan fingerprint density at radius 3 is 2.31 bits per heavy atom. The van der Waals surface area contributed by atoms with Crippen molar-refractivity contribution in [2.45, 2.75) is 4.90 Å². The van der Waals surface area contributed by atoms with Crippen molar-refractivity contribution in [3.8, 4) is 0 Å². The van der Waals surface area contributed by atoms with Gasteiger partial charge in [0.15, 0.2) is 0 Å². The Balaban J connectivity index is 3.00. The Morgan fingerprint density at radius 2 is 1.88 bits per heavy atom. The van der Waals surface area contributed by atoms with Crippen LogP contribution in [0, 0.1) is 6.92 Å². The second-order valence-corrected chi connectivity index (χ2v) is 4.77. The molecule has 16 heavy (non-hydrogen) atoms. The summed E-state index contributed by atoms with van der Waals surface area (Å²) in [5.41, 5.74) is 0.413. The fourth-order valence-corrected chi connectivity index (χ4v) is 2.08. The quantitative estimate of drug-likeness (QED) is 0.788. The van der Waals surface area contributed by atoms with Gasteiger partial charge in [0, 0.05) is 19.2 Å². The number of nitrogens with one attached hydrogen (secondary N) is 2. The molecule has 1 radical (unpaired) electrons. The van der Waals surface area contributed by atoms with Crippen molar-refractivity contribution in [2.24, 2.45) is 0 Å². The minimum Gasteiger partial charge on any atom is -0.355 e. The number of carbonyl (C=O) groups excluding carboxylic acids is 1. The first-order chi connectivity index (χ1) is 7.51. The molecular weight excluding hydrogens is 228 g/mol. The molecule has 5 nitrogen and oxygen atoms in total. The third kappa shape index (κ3) is 2.80. The van der Waals surface area contributed by atoms with Gasteiger partial charge in [-0.3, -0.25) is 4.79 Å². The number of carbonyl (C=O) groups is 1. The van der Waals surface area contributed by atoms with Crippen LogP contribution < -0.4 is 10.0 Å². The van der Waals surface area contributed by atoms with E-state index in [9.17, 15) is 13.2 Å². The topological polar surface area (TPSA) is 75.3 Å². The van der Waals surface area contributed by atoms with Crippen LogP contribution in [-0.2, 0) is 10.0 Å². The molecule has 0 unspecified atom stereocenters. The predicted octanol–water partition coefficient (Wildman–Crippen LogP) is 0.159. The van der Waals surface area contributed by atoms with Crippen LogP contribution in [-0.4, -0.2) is 27.9 Å². The molecule has 0 fully saturated rings. The van der Waals surface area contributed by atoms with Gasteiger partial charge in [0.25, 0.3) is 5.91 Å². The Bertz CT molecular complexity index is 465. The number of benzene rings is 1. The SMILES string of the molecule is [CH2]CNS(=O)(=O)c1ccc(C(=O)NC)cc1. The van der Waals surface area contributed by atoms with Crippen LogP contribution in [0.5, 0.6) is 0 Å². The average molecular weight is 241 g/mol. The first-order valence-corrected chi connectivity index (χ1v) is 6.10. The fraction of sp³-hybridized carbons (Fsp3) is 0.200. The second kappa shape index (κ2) is 5.09. The van der Waals surface area contributed by atoms with E-state index in [0.29, 0.717) is 5.56 Å². The Kier molecular flexibility index (Phi) is 4.03. The third-order valence-corrected chi connectivity index (χ3v) is 3.42. The van der Waals surface area contributed by atoms with E-state index in [1.807, 2.05) is 0 Å². The lowest BCUT2D eigenvalue weighted by Crippen LogP contribution is -2.23. The highest BCUT2D eigenvalue weighted by molar-refractivity contribution is 7.89. The lowest BCUT2D eigenvalue weighted by atomic mass is 10.2. The number of sulfonamides is 1. The molecule has 0 spiro atoms. The third-order valence-electron chi connectivity index (χ3n) is 1.95. The van der Waals surface area contributed by atoms with E-state index in [2.05, 4.69) is 17.0 Å². The summed E-state index contributed by atoms with van der Waals surface area (Å²) in [6.07, 6.45) is 0. The van der Waals surface area contributed by atoms with Crippen molar-refractivity contribution in [1.29, 1.82) is 0 Å². The number of hydrogen-bond donors (Lipinski definition) is 2. The molecule has 1 rings (SSSR count). The largest absolute Gasteiger partial charge is 0.355 e. The lowest BCUT2D eigenvalue weighted by molar-refractivity contribution is 0.0963. The molecular formula is C10H13N2O3S. The van der Waals surface area contributed by atoms with E-state index < -0.39 is 10.0 Å². The van der Waals surface area contributed by atoms with E-state index in [1.165, 1.54) is 31.3 Å².